The second-order valence-corrected chi connectivity index (χ2v) is 6.41. The van der Waals surface area contributed by atoms with Crippen LogP contribution in [0.2, 0.25) is 0 Å². The fourth-order valence-electron chi connectivity index (χ4n) is 1.92. The quantitative estimate of drug-likeness (QED) is 0.292. The van der Waals surface area contributed by atoms with Gasteiger partial charge in [-0.25, -0.2) is 13.8 Å². The Labute approximate surface area is 164 Å². The number of hydrogen-bond acceptors (Lipinski definition) is 4. The highest BCUT2D eigenvalue weighted by atomic mass is 127. The number of carbonyl (C=O) groups is 1. The highest BCUT2D eigenvalue weighted by Gasteiger charge is 2.30. The molecule has 1 heterocycles. The van der Waals surface area contributed by atoms with Crippen LogP contribution in [0.4, 0.5) is 23.4 Å². The minimum atomic E-state index is -1.90. The van der Waals surface area contributed by atoms with E-state index in [9.17, 15) is 22.4 Å². The minimum Gasteiger partial charge on any atom is -0.491 e. The van der Waals surface area contributed by atoms with Crippen molar-refractivity contribution in [2.24, 2.45) is 0 Å². The summed E-state index contributed by atoms with van der Waals surface area (Å²) in [7, 11) is 0.829. The lowest BCUT2D eigenvalue weighted by atomic mass is 10.1. The molecule has 26 heavy (non-hydrogen) atoms. The summed E-state index contributed by atoms with van der Waals surface area (Å²) >= 11 is 6.91. The summed E-state index contributed by atoms with van der Waals surface area (Å²) in [6.45, 7) is 1.74. The van der Waals surface area contributed by atoms with Crippen LogP contribution in [0.15, 0.2) is 12.1 Å². The first-order chi connectivity index (χ1) is 12.2. The summed E-state index contributed by atoms with van der Waals surface area (Å²) in [6.07, 6.45) is 0. The number of thiocarbonyl (C=S) groups is 1. The topological polar surface area (TPSA) is 63.2 Å². The zero-order valence-corrected chi connectivity index (χ0v) is 16.2. The average molecular weight is 499 g/mol. The smallest absolute Gasteiger partial charge is 0.263 e. The van der Waals surface area contributed by atoms with Gasteiger partial charge in [-0.15, -0.1) is 0 Å². The van der Waals surface area contributed by atoms with Gasteiger partial charge in [-0.3, -0.25) is 10.1 Å². The molecule has 0 radical (unpaired) electrons. The van der Waals surface area contributed by atoms with Gasteiger partial charge in [0, 0.05) is 3.57 Å². The number of methoxy groups -OCH3 is 1. The first-order valence-corrected chi connectivity index (χ1v) is 8.31. The molecule has 2 rings (SSSR count). The number of amides is 1. The summed E-state index contributed by atoms with van der Waals surface area (Å²) in [6, 6.07) is 3.28. The molecule has 0 bridgehead atoms. The molecular formula is C15H10F4IN3O2S. The lowest BCUT2D eigenvalue weighted by Gasteiger charge is -2.12. The van der Waals surface area contributed by atoms with E-state index in [2.05, 4.69) is 37.6 Å². The normalized spacial score (nSPS) is 10.4. The van der Waals surface area contributed by atoms with E-state index in [1.807, 2.05) is 5.32 Å². The molecule has 0 spiro atoms. The van der Waals surface area contributed by atoms with Crippen LogP contribution in [0.3, 0.4) is 0 Å². The van der Waals surface area contributed by atoms with E-state index in [0.717, 1.165) is 10.7 Å². The van der Waals surface area contributed by atoms with E-state index in [-0.39, 0.29) is 10.9 Å². The van der Waals surface area contributed by atoms with Gasteiger partial charge in [-0.2, -0.15) is 8.78 Å². The van der Waals surface area contributed by atoms with Crippen molar-refractivity contribution >= 4 is 51.6 Å². The van der Waals surface area contributed by atoms with Crippen LogP contribution < -0.4 is 15.4 Å². The SMILES string of the molecule is COc1c(F)c(F)c(C(=O)NC(=S)Nc2ccc(I)c(C)n2)c(F)c1F. The van der Waals surface area contributed by atoms with Crippen LogP contribution in [0, 0.1) is 33.8 Å². The number of halogens is 5. The van der Waals surface area contributed by atoms with Gasteiger partial charge in [-0.05, 0) is 53.9 Å². The van der Waals surface area contributed by atoms with Crippen molar-refractivity contribution in [3.8, 4) is 5.75 Å². The first-order valence-electron chi connectivity index (χ1n) is 6.82. The lowest BCUT2D eigenvalue weighted by molar-refractivity contribution is 0.0966. The van der Waals surface area contributed by atoms with Crippen LogP contribution in [0.5, 0.6) is 5.75 Å². The Morgan fingerprint density at radius 2 is 1.73 bits per heavy atom. The van der Waals surface area contributed by atoms with Crippen molar-refractivity contribution in [3.05, 3.63) is 50.2 Å². The predicted octanol–water partition coefficient (Wildman–Crippen LogP) is 3.69. The number of aromatic nitrogens is 1. The van der Waals surface area contributed by atoms with E-state index in [4.69, 9.17) is 12.2 Å². The van der Waals surface area contributed by atoms with Crippen LogP contribution in [0.1, 0.15) is 16.1 Å². The lowest BCUT2D eigenvalue weighted by Crippen LogP contribution is -2.36. The minimum absolute atomic E-state index is 0.265. The fraction of sp³-hybridized carbons (Fsp3) is 0.133. The van der Waals surface area contributed by atoms with Gasteiger partial charge in [-0.1, -0.05) is 0 Å². The number of nitrogens with one attached hydrogen (secondary N) is 2. The summed E-state index contributed by atoms with van der Waals surface area (Å²) in [5.41, 5.74) is -0.780. The largest absolute Gasteiger partial charge is 0.491 e. The maximum Gasteiger partial charge on any atom is 0.263 e. The fourth-order valence-corrected chi connectivity index (χ4v) is 2.41. The Morgan fingerprint density at radius 1 is 1.15 bits per heavy atom. The average Bonchev–Trinajstić information content (AvgIpc) is 2.57. The van der Waals surface area contributed by atoms with Crippen molar-refractivity contribution in [2.75, 3.05) is 12.4 Å². The molecule has 0 atom stereocenters. The van der Waals surface area contributed by atoms with E-state index < -0.39 is 40.5 Å². The molecule has 11 heteroatoms. The second kappa shape index (κ2) is 8.12. The van der Waals surface area contributed by atoms with Crippen molar-refractivity contribution in [1.82, 2.24) is 10.3 Å². The number of carbonyl (C=O) groups excluding carboxylic acids is 1. The molecule has 0 aliphatic rings. The Hall–Kier alpha value is -2.02. The molecular weight excluding hydrogens is 489 g/mol. The third-order valence-electron chi connectivity index (χ3n) is 3.14. The maximum atomic E-state index is 13.9. The Bertz CT molecular complexity index is 882. The molecule has 0 saturated heterocycles. The monoisotopic (exact) mass is 499 g/mol. The van der Waals surface area contributed by atoms with E-state index in [0.29, 0.717) is 5.69 Å². The second-order valence-electron chi connectivity index (χ2n) is 4.84. The van der Waals surface area contributed by atoms with Crippen molar-refractivity contribution < 1.29 is 27.1 Å². The molecule has 5 nitrogen and oxygen atoms in total. The van der Waals surface area contributed by atoms with Crippen molar-refractivity contribution in [1.29, 1.82) is 0 Å². The molecule has 1 amide bonds. The van der Waals surface area contributed by atoms with Gasteiger partial charge >= 0.3 is 0 Å². The molecule has 138 valence electrons. The molecule has 0 saturated carbocycles. The van der Waals surface area contributed by atoms with Gasteiger partial charge in [0.2, 0.25) is 11.6 Å². The Morgan fingerprint density at radius 3 is 2.23 bits per heavy atom. The summed E-state index contributed by atoms with van der Waals surface area (Å²) in [4.78, 5) is 16.1. The third kappa shape index (κ3) is 4.03. The zero-order valence-electron chi connectivity index (χ0n) is 13.2. The number of hydrogen-bond donors (Lipinski definition) is 2. The Balaban J connectivity index is 2.24. The highest BCUT2D eigenvalue weighted by Crippen LogP contribution is 2.29. The molecule has 0 unspecified atom stereocenters. The number of anilines is 1. The number of rotatable bonds is 3. The van der Waals surface area contributed by atoms with Gasteiger partial charge < -0.3 is 10.1 Å². The number of benzene rings is 1. The predicted molar refractivity (Wildman–Crippen MR) is 98.2 cm³/mol. The molecule has 0 aliphatic carbocycles. The molecule has 2 N–H and O–H groups in total. The van der Waals surface area contributed by atoms with Crippen LogP contribution in [-0.4, -0.2) is 23.1 Å². The summed E-state index contributed by atoms with van der Waals surface area (Å²) in [5.74, 6) is -9.93. The van der Waals surface area contributed by atoms with Gasteiger partial charge in [0.15, 0.2) is 22.5 Å². The van der Waals surface area contributed by atoms with Crippen LogP contribution >= 0.6 is 34.8 Å². The number of nitrogens with zero attached hydrogens (tertiary/aromatic N) is 1. The van der Waals surface area contributed by atoms with Crippen LogP contribution in [0.25, 0.3) is 0 Å². The zero-order chi connectivity index (χ0) is 19.6. The summed E-state index contributed by atoms with van der Waals surface area (Å²) in [5, 5.41) is 4.10. The Kier molecular flexibility index (Phi) is 6.34. The molecule has 2 aromatic rings. The van der Waals surface area contributed by atoms with Gasteiger partial charge in [0.05, 0.1) is 12.8 Å². The number of ether oxygens (including phenoxy) is 1. The van der Waals surface area contributed by atoms with Crippen molar-refractivity contribution in [2.45, 2.75) is 6.92 Å². The van der Waals surface area contributed by atoms with E-state index in [1.165, 1.54) is 0 Å². The third-order valence-corrected chi connectivity index (χ3v) is 4.49. The number of aryl methyl sites for hydroxylation is 1. The van der Waals surface area contributed by atoms with Gasteiger partial charge in [0.1, 0.15) is 11.4 Å². The summed E-state index contributed by atoms with van der Waals surface area (Å²) < 4.78 is 60.3. The number of pyridine rings is 1. The molecule has 0 aliphatic heterocycles. The van der Waals surface area contributed by atoms with E-state index in [1.54, 1.807) is 19.1 Å². The first kappa shape index (κ1) is 20.3. The van der Waals surface area contributed by atoms with Crippen molar-refractivity contribution in [3.63, 3.8) is 0 Å². The highest BCUT2D eigenvalue weighted by molar-refractivity contribution is 14.1. The maximum absolute atomic E-state index is 13.9. The molecule has 1 aromatic heterocycles. The van der Waals surface area contributed by atoms with Gasteiger partial charge in [0.25, 0.3) is 5.91 Å². The van der Waals surface area contributed by atoms with Crippen LogP contribution in [-0.2, 0) is 0 Å². The molecule has 1 aromatic carbocycles. The molecule has 0 fully saturated rings. The standard InChI is InChI=1S/C15H10F4IN3O2S/c1-5-6(20)3-4-7(21-5)22-15(26)23-14(24)8-9(16)11(18)13(25-2)12(19)10(8)17/h3-4H,1-2H3,(H2,21,22,23,24,26). The van der Waals surface area contributed by atoms with E-state index >= 15 is 0 Å².